The number of nitrogens with zero attached hydrogens (tertiary/aromatic N) is 3. The summed E-state index contributed by atoms with van der Waals surface area (Å²) in [5.74, 6) is -5.24. The lowest BCUT2D eigenvalue weighted by molar-refractivity contribution is -0.207. The maximum Gasteiger partial charge on any atom is 0.315 e. The predicted molar refractivity (Wildman–Crippen MR) is 102 cm³/mol. The molecule has 7 nitrogen and oxygen atoms in total. The number of halogens is 3. The van der Waals surface area contributed by atoms with Crippen molar-refractivity contribution in [3.8, 4) is 6.07 Å². The highest BCUT2D eigenvalue weighted by molar-refractivity contribution is 6.02. The Bertz CT molecular complexity index is 1080. The third-order valence-corrected chi connectivity index (χ3v) is 4.93. The third-order valence-electron chi connectivity index (χ3n) is 4.93. The lowest BCUT2D eigenvalue weighted by Gasteiger charge is -2.46. The molecule has 10 heteroatoms. The van der Waals surface area contributed by atoms with Gasteiger partial charge in [-0.05, 0) is 51.1 Å². The van der Waals surface area contributed by atoms with Gasteiger partial charge in [-0.3, -0.25) is 4.79 Å². The zero-order chi connectivity index (χ0) is 22.3. The van der Waals surface area contributed by atoms with Crippen molar-refractivity contribution in [3.63, 3.8) is 0 Å². The summed E-state index contributed by atoms with van der Waals surface area (Å²) < 4.78 is 50.0. The average Bonchev–Trinajstić information content (AvgIpc) is 2.67. The van der Waals surface area contributed by atoms with Gasteiger partial charge in [-0.25, -0.2) is 14.4 Å². The van der Waals surface area contributed by atoms with E-state index in [0.29, 0.717) is 0 Å². The molecule has 0 fully saturated rings. The van der Waals surface area contributed by atoms with E-state index in [1.54, 1.807) is 0 Å². The number of nitrogens with one attached hydrogen (secondary N) is 1. The van der Waals surface area contributed by atoms with Crippen molar-refractivity contribution in [2.45, 2.75) is 37.8 Å². The molecule has 1 atom stereocenters. The van der Waals surface area contributed by atoms with E-state index in [-0.39, 0.29) is 16.9 Å². The summed E-state index contributed by atoms with van der Waals surface area (Å²) in [4.78, 5) is 20.0. The van der Waals surface area contributed by atoms with Gasteiger partial charge in [0.1, 0.15) is 17.6 Å². The highest BCUT2D eigenvalue weighted by Crippen LogP contribution is 2.51. The smallest absolute Gasteiger partial charge is 0.315 e. The van der Waals surface area contributed by atoms with E-state index >= 15 is 8.78 Å². The summed E-state index contributed by atoms with van der Waals surface area (Å²) in [7, 11) is 0. The van der Waals surface area contributed by atoms with E-state index in [0.717, 1.165) is 32.9 Å². The maximum absolute atomic E-state index is 15.2. The van der Waals surface area contributed by atoms with Crippen LogP contribution in [-0.4, -0.2) is 28.4 Å². The first-order valence-electron chi connectivity index (χ1n) is 8.81. The molecular weight excluding hydrogens is 399 g/mol. The molecular formula is C20H18F3N5O2. The number of hydrogen-bond donors (Lipinski definition) is 2. The zero-order valence-corrected chi connectivity index (χ0v) is 16.3. The number of carbonyl (C=O) groups excluding carboxylic acids is 1. The van der Waals surface area contributed by atoms with E-state index in [2.05, 4.69) is 15.3 Å². The number of pyridine rings is 1. The first-order valence-corrected chi connectivity index (χ1v) is 8.81. The molecule has 2 heterocycles. The lowest BCUT2D eigenvalue weighted by Crippen LogP contribution is -2.62. The van der Waals surface area contributed by atoms with Crippen LogP contribution in [0.1, 0.15) is 42.4 Å². The topological polar surface area (TPSA) is 113 Å². The van der Waals surface area contributed by atoms with Gasteiger partial charge in [0.15, 0.2) is 11.1 Å². The SMILES string of the molecule is CC1(C)OC(N)=N[C@](C)(c2cc(NC(=O)c3ccc(C#N)cn3)ccc2F)C1(F)F. The van der Waals surface area contributed by atoms with E-state index in [9.17, 15) is 9.18 Å². The minimum Gasteiger partial charge on any atom is -0.453 e. The molecule has 1 aromatic heterocycles. The van der Waals surface area contributed by atoms with Crippen LogP contribution in [0.2, 0.25) is 0 Å². The van der Waals surface area contributed by atoms with Crippen molar-refractivity contribution in [1.82, 2.24) is 4.98 Å². The number of carbonyl (C=O) groups is 1. The number of ether oxygens (including phenoxy) is 1. The lowest BCUT2D eigenvalue weighted by atomic mass is 9.77. The van der Waals surface area contributed by atoms with Crippen molar-refractivity contribution in [3.05, 3.63) is 59.2 Å². The van der Waals surface area contributed by atoms with Crippen molar-refractivity contribution in [1.29, 1.82) is 5.26 Å². The molecule has 30 heavy (non-hydrogen) atoms. The van der Waals surface area contributed by atoms with Gasteiger partial charge in [0.2, 0.25) is 0 Å². The van der Waals surface area contributed by atoms with Gasteiger partial charge in [0.05, 0.1) is 5.56 Å². The van der Waals surface area contributed by atoms with Crippen LogP contribution >= 0.6 is 0 Å². The van der Waals surface area contributed by atoms with Crippen LogP contribution in [0, 0.1) is 17.1 Å². The second-order valence-electron chi connectivity index (χ2n) is 7.40. The van der Waals surface area contributed by atoms with Crippen LogP contribution < -0.4 is 11.1 Å². The highest BCUT2D eigenvalue weighted by Gasteiger charge is 2.66. The Balaban J connectivity index is 2.00. The Morgan fingerprint density at radius 3 is 2.53 bits per heavy atom. The Morgan fingerprint density at radius 1 is 1.23 bits per heavy atom. The van der Waals surface area contributed by atoms with Crippen molar-refractivity contribution in [2.75, 3.05) is 5.32 Å². The van der Waals surface area contributed by atoms with Gasteiger partial charge in [0, 0.05) is 17.4 Å². The molecule has 0 spiro atoms. The fraction of sp³-hybridized carbons (Fsp3) is 0.300. The fourth-order valence-corrected chi connectivity index (χ4v) is 3.22. The number of aliphatic imine (C=N–C) groups is 1. The third kappa shape index (κ3) is 3.32. The number of aromatic nitrogens is 1. The molecule has 0 unspecified atom stereocenters. The van der Waals surface area contributed by atoms with Crippen LogP contribution in [-0.2, 0) is 10.3 Å². The number of amides is 1. The molecule has 1 aliphatic rings. The Morgan fingerprint density at radius 2 is 1.93 bits per heavy atom. The number of hydrogen-bond acceptors (Lipinski definition) is 6. The molecule has 3 N–H and O–H groups in total. The normalized spacial score (nSPS) is 21.7. The number of rotatable bonds is 3. The number of amidine groups is 1. The van der Waals surface area contributed by atoms with Crippen LogP contribution in [0.5, 0.6) is 0 Å². The summed E-state index contributed by atoms with van der Waals surface area (Å²) in [6.07, 6.45) is 1.22. The van der Waals surface area contributed by atoms with Crippen LogP contribution in [0.15, 0.2) is 41.5 Å². The second-order valence-corrected chi connectivity index (χ2v) is 7.40. The second kappa shape index (κ2) is 7.02. The van der Waals surface area contributed by atoms with Crippen molar-refractivity contribution in [2.24, 2.45) is 10.7 Å². The van der Waals surface area contributed by atoms with Gasteiger partial charge in [-0.2, -0.15) is 14.0 Å². The molecule has 156 valence electrons. The quantitative estimate of drug-likeness (QED) is 0.795. The fourth-order valence-electron chi connectivity index (χ4n) is 3.22. The van der Waals surface area contributed by atoms with E-state index < -0.39 is 40.4 Å². The number of anilines is 1. The van der Waals surface area contributed by atoms with Gasteiger partial charge >= 0.3 is 5.92 Å². The van der Waals surface area contributed by atoms with Gasteiger partial charge in [-0.15, -0.1) is 0 Å². The monoisotopic (exact) mass is 417 g/mol. The Labute approximate surface area is 170 Å². The largest absolute Gasteiger partial charge is 0.453 e. The first-order chi connectivity index (χ1) is 13.9. The Kier molecular flexibility index (Phi) is 4.94. The molecule has 2 aromatic rings. The predicted octanol–water partition coefficient (Wildman–Crippen LogP) is 3.32. The maximum atomic E-state index is 15.2. The number of benzene rings is 1. The molecule has 1 amide bonds. The minimum absolute atomic E-state index is 0.00844. The average molecular weight is 417 g/mol. The number of nitriles is 1. The standard InChI is InChI=1S/C20H18F3N5O2/c1-18(2)20(22,23)19(3,28-17(25)30-18)13-8-12(5-6-14(13)21)27-16(29)15-7-4-11(9-24)10-26-15/h4-8,10H,1-3H3,(H2,25,28)(H,27,29)/t19-/m1/s1. The molecule has 1 aromatic carbocycles. The van der Waals surface area contributed by atoms with E-state index in [1.165, 1.54) is 24.4 Å². The van der Waals surface area contributed by atoms with Gasteiger partial charge in [0.25, 0.3) is 11.9 Å². The van der Waals surface area contributed by atoms with Gasteiger partial charge < -0.3 is 15.8 Å². The molecule has 1 aliphatic heterocycles. The molecule has 0 aliphatic carbocycles. The van der Waals surface area contributed by atoms with Gasteiger partial charge in [-0.1, -0.05) is 0 Å². The minimum atomic E-state index is -3.64. The number of nitrogens with two attached hydrogens (primary N) is 1. The molecule has 3 rings (SSSR count). The van der Waals surface area contributed by atoms with Crippen molar-refractivity contribution < 1.29 is 22.7 Å². The summed E-state index contributed by atoms with van der Waals surface area (Å²) >= 11 is 0. The van der Waals surface area contributed by atoms with Crippen LogP contribution in [0.3, 0.4) is 0 Å². The molecule has 0 saturated carbocycles. The van der Waals surface area contributed by atoms with Crippen LogP contribution in [0.4, 0.5) is 18.9 Å². The Hall–Kier alpha value is -3.61. The summed E-state index contributed by atoms with van der Waals surface area (Å²) in [5, 5.41) is 11.3. The summed E-state index contributed by atoms with van der Waals surface area (Å²) in [5.41, 5.74) is 1.01. The molecule has 0 saturated heterocycles. The van der Waals surface area contributed by atoms with E-state index in [4.69, 9.17) is 15.7 Å². The van der Waals surface area contributed by atoms with Crippen LogP contribution in [0.25, 0.3) is 0 Å². The highest BCUT2D eigenvalue weighted by atomic mass is 19.3. The molecule has 0 bridgehead atoms. The van der Waals surface area contributed by atoms with Crippen molar-refractivity contribution >= 4 is 17.6 Å². The van der Waals surface area contributed by atoms with E-state index in [1.807, 2.05) is 6.07 Å². The number of alkyl halides is 2. The molecule has 0 radical (unpaired) electrons. The first kappa shape index (κ1) is 21.1. The summed E-state index contributed by atoms with van der Waals surface area (Å²) in [6.45, 7) is 3.32. The summed E-state index contributed by atoms with van der Waals surface area (Å²) in [6, 6.07) is 7.36. The zero-order valence-electron chi connectivity index (χ0n) is 16.3.